The van der Waals surface area contributed by atoms with Crippen LogP contribution >= 0.6 is 11.6 Å². The largest absolute Gasteiger partial charge is 0.507 e. The summed E-state index contributed by atoms with van der Waals surface area (Å²) in [4.78, 5) is 13.2. The number of rotatable bonds is 3. The molecular formula is C21H28ClN5O2. The molecule has 0 spiro atoms. The lowest BCUT2D eigenvalue weighted by Crippen LogP contribution is -2.43. The summed E-state index contributed by atoms with van der Waals surface area (Å²) < 4.78 is 0. The SMILES string of the molecule is CC(C)(C)c1cc(C(=O)CN2N=C(N)N3N=C(Cl)C=CC23)cc(C(C)(C)C)c1O. The molecule has 0 aromatic heterocycles. The minimum absolute atomic E-state index is 0.0251. The van der Waals surface area contributed by atoms with E-state index >= 15 is 0 Å². The molecular weight excluding hydrogens is 390 g/mol. The van der Waals surface area contributed by atoms with E-state index in [1.54, 1.807) is 29.3 Å². The molecule has 8 heteroatoms. The highest BCUT2D eigenvalue weighted by Crippen LogP contribution is 2.40. The molecule has 3 rings (SSSR count). The van der Waals surface area contributed by atoms with Crippen LogP contribution in [0.4, 0.5) is 0 Å². The Kier molecular flexibility index (Phi) is 5.15. The third-order valence-corrected chi connectivity index (χ3v) is 5.19. The quantitative estimate of drug-likeness (QED) is 0.734. The summed E-state index contributed by atoms with van der Waals surface area (Å²) in [5, 5.41) is 22.6. The van der Waals surface area contributed by atoms with E-state index in [-0.39, 0.29) is 41.0 Å². The molecule has 0 fully saturated rings. The van der Waals surface area contributed by atoms with Crippen molar-refractivity contribution in [2.24, 2.45) is 15.9 Å². The summed E-state index contributed by atoms with van der Waals surface area (Å²) in [6.07, 6.45) is 3.07. The lowest BCUT2D eigenvalue weighted by atomic mass is 9.78. The van der Waals surface area contributed by atoms with Gasteiger partial charge in [-0.05, 0) is 35.1 Å². The zero-order valence-electron chi connectivity index (χ0n) is 17.7. The van der Waals surface area contributed by atoms with Crippen molar-refractivity contribution in [2.45, 2.75) is 58.5 Å². The minimum atomic E-state index is -0.386. The molecule has 29 heavy (non-hydrogen) atoms. The van der Waals surface area contributed by atoms with Gasteiger partial charge in [-0.15, -0.1) is 5.10 Å². The van der Waals surface area contributed by atoms with E-state index in [1.807, 2.05) is 41.5 Å². The van der Waals surface area contributed by atoms with Crippen LogP contribution in [0.1, 0.15) is 63.0 Å². The number of guanidine groups is 1. The zero-order chi connectivity index (χ0) is 21.7. The van der Waals surface area contributed by atoms with Gasteiger partial charge in [0.25, 0.3) is 0 Å². The molecule has 2 aliphatic rings. The number of phenols is 1. The second kappa shape index (κ2) is 7.06. The van der Waals surface area contributed by atoms with Gasteiger partial charge in [0.2, 0.25) is 5.96 Å². The monoisotopic (exact) mass is 417 g/mol. The predicted molar refractivity (Wildman–Crippen MR) is 116 cm³/mol. The molecule has 1 aromatic rings. The number of nitrogens with zero attached hydrogens (tertiary/aromatic N) is 4. The number of aromatic hydroxyl groups is 1. The number of ketones is 1. The molecule has 0 radical (unpaired) electrons. The molecule has 0 aliphatic carbocycles. The molecule has 2 heterocycles. The Hall–Kier alpha value is -2.54. The highest BCUT2D eigenvalue weighted by Gasteiger charge is 2.35. The second-order valence-electron chi connectivity index (χ2n) is 9.44. The maximum Gasteiger partial charge on any atom is 0.236 e. The first kappa shape index (κ1) is 21.2. The van der Waals surface area contributed by atoms with E-state index in [2.05, 4.69) is 10.2 Å². The molecule has 7 nitrogen and oxygen atoms in total. The highest BCUT2D eigenvalue weighted by molar-refractivity contribution is 6.68. The van der Waals surface area contributed by atoms with Crippen LogP contribution in [0.5, 0.6) is 5.75 Å². The lowest BCUT2D eigenvalue weighted by Gasteiger charge is -2.29. The first-order chi connectivity index (χ1) is 13.3. The topological polar surface area (TPSA) is 94.5 Å². The number of Topliss-reactive ketones (excluding diaryl/α,β-unsaturated/α-hetero) is 1. The number of hydrogen-bond donors (Lipinski definition) is 2. The maximum atomic E-state index is 13.2. The fourth-order valence-electron chi connectivity index (χ4n) is 3.40. The number of carbonyl (C=O) groups excluding carboxylic acids is 1. The number of carbonyl (C=O) groups is 1. The van der Waals surface area contributed by atoms with Crippen LogP contribution < -0.4 is 5.73 Å². The van der Waals surface area contributed by atoms with Gasteiger partial charge in [-0.25, -0.2) is 5.01 Å². The Bertz CT molecular complexity index is 902. The standard InChI is InChI=1S/C21H28ClN5O2/c1-20(2,3)13-9-12(10-14(18(13)29)21(4,5)6)15(28)11-26-17-8-7-16(22)24-27(17)19(23)25-26/h7-10,17,29H,11H2,1-6H3,(H2,23,25). The highest BCUT2D eigenvalue weighted by atomic mass is 35.5. The van der Waals surface area contributed by atoms with Crippen LogP contribution in [0.15, 0.2) is 34.5 Å². The van der Waals surface area contributed by atoms with Crippen molar-refractivity contribution >= 4 is 28.5 Å². The van der Waals surface area contributed by atoms with Crippen LogP contribution in [-0.4, -0.2) is 44.7 Å². The van der Waals surface area contributed by atoms with E-state index < -0.39 is 0 Å². The number of halogens is 1. The summed E-state index contributed by atoms with van der Waals surface area (Å²) in [5.74, 6) is 0.311. The van der Waals surface area contributed by atoms with Crippen molar-refractivity contribution in [1.82, 2.24) is 10.0 Å². The number of allylic oxidation sites excluding steroid dienone is 1. The molecule has 0 saturated carbocycles. The van der Waals surface area contributed by atoms with E-state index in [4.69, 9.17) is 17.3 Å². The first-order valence-corrected chi connectivity index (χ1v) is 9.90. The molecule has 1 unspecified atom stereocenters. The smallest absolute Gasteiger partial charge is 0.236 e. The van der Waals surface area contributed by atoms with Crippen molar-refractivity contribution in [1.29, 1.82) is 0 Å². The van der Waals surface area contributed by atoms with Gasteiger partial charge in [0.15, 0.2) is 11.9 Å². The van der Waals surface area contributed by atoms with Crippen molar-refractivity contribution in [3.63, 3.8) is 0 Å². The van der Waals surface area contributed by atoms with Crippen molar-refractivity contribution < 1.29 is 9.90 Å². The van der Waals surface area contributed by atoms with Crippen LogP contribution in [-0.2, 0) is 10.8 Å². The Morgan fingerprint density at radius 1 is 1.14 bits per heavy atom. The summed E-state index contributed by atoms with van der Waals surface area (Å²) in [5.41, 5.74) is 7.32. The number of phenolic OH excluding ortho intramolecular Hbond substituents is 1. The minimum Gasteiger partial charge on any atom is -0.507 e. The van der Waals surface area contributed by atoms with Gasteiger partial charge < -0.3 is 10.8 Å². The van der Waals surface area contributed by atoms with Crippen molar-refractivity contribution in [3.8, 4) is 5.75 Å². The fraction of sp³-hybridized carbons (Fsp3) is 0.476. The number of hydrogen-bond acceptors (Lipinski definition) is 7. The Balaban J connectivity index is 1.95. The predicted octanol–water partition coefficient (Wildman–Crippen LogP) is 3.47. The average Bonchev–Trinajstić information content (AvgIpc) is 2.88. The molecule has 1 atom stereocenters. The molecule has 0 saturated heterocycles. The Morgan fingerprint density at radius 3 is 2.21 bits per heavy atom. The van der Waals surface area contributed by atoms with Gasteiger partial charge in [-0.2, -0.15) is 5.10 Å². The first-order valence-electron chi connectivity index (χ1n) is 9.52. The molecule has 156 valence electrons. The molecule has 3 N–H and O–H groups in total. The van der Waals surface area contributed by atoms with Gasteiger partial charge in [0.05, 0.1) is 0 Å². The van der Waals surface area contributed by atoms with Crippen LogP contribution in [0, 0.1) is 0 Å². The normalized spacial score (nSPS) is 19.2. The number of hydrazone groups is 2. The van der Waals surface area contributed by atoms with E-state index in [0.717, 1.165) is 11.1 Å². The van der Waals surface area contributed by atoms with Crippen LogP contribution in [0.3, 0.4) is 0 Å². The number of nitrogens with two attached hydrogens (primary N) is 1. The molecule has 0 amide bonds. The van der Waals surface area contributed by atoms with Gasteiger partial charge in [-0.3, -0.25) is 9.80 Å². The maximum absolute atomic E-state index is 13.2. The van der Waals surface area contributed by atoms with Crippen molar-refractivity contribution in [2.75, 3.05) is 6.54 Å². The molecule has 2 aliphatic heterocycles. The third-order valence-electron chi connectivity index (χ3n) is 4.98. The van der Waals surface area contributed by atoms with Gasteiger partial charge in [0.1, 0.15) is 17.5 Å². The molecule has 1 aromatic carbocycles. The molecule has 0 bridgehead atoms. The summed E-state index contributed by atoms with van der Waals surface area (Å²) >= 11 is 5.93. The summed E-state index contributed by atoms with van der Waals surface area (Å²) in [6, 6.07) is 3.55. The van der Waals surface area contributed by atoms with Crippen LogP contribution in [0.2, 0.25) is 0 Å². The number of benzene rings is 1. The van der Waals surface area contributed by atoms with Crippen molar-refractivity contribution in [3.05, 3.63) is 41.0 Å². The van der Waals surface area contributed by atoms with E-state index in [1.165, 1.54) is 5.01 Å². The zero-order valence-corrected chi connectivity index (χ0v) is 18.4. The second-order valence-corrected chi connectivity index (χ2v) is 9.83. The Labute approximate surface area is 176 Å². The fourth-order valence-corrected chi connectivity index (χ4v) is 3.55. The summed E-state index contributed by atoms with van der Waals surface area (Å²) in [7, 11) is 0. The summed E-state index contributed by atoms with van der Waals surface area (Å²) in [6.45, 7) is 12.1. The van der Waals surface area contributed by atoms with Gasteiger partial charge in [0, 0.05) is 16.7 Å². The lowest BCUT2D eigenvalue weighted by molar-refractivity contribution is 0.0879. The van der Waals surface area contributed by atoms with Crippen LogP contribution in [0.25, 0.3) is 0 Å². The van der Waals surface area contributed by atoms with Gasteiger partial charge in [-0.1, -0.05) is 53.1 Å². The van der Waals surface area contributed by atoms with E-state index in [0.29, 0.717) is 10.7 Å². The average molecular weight is 418 g/mol. The Morgan fingerprint density at radius 2 is 1.69 bits per heavy atom. The van der Waals surface area contributed by atoms with Gasteiger partial charge >= 0.3 is 0 Å². The van der Waals surface area contributed by atoms with E-state index in [9.17, 15) is 9.90 Å². The number of fused-ring (bicyclic) bond motifs is 1. The third kappa shape index (κ3) is 4.10.